The van der Waals surface area contributed by atoms with Crippen LogP contribution in [0.5, 0.6) is 5.75 Å². The Kier molecular flexibility index (Phi) is 5.03. The van der Waals surface area contributed by atoms with Crippen LogP contribution in [-0.4, -0.2) is 39.5 Å². The Morgan fingerprint density at radius 2 is 1.89 bits per heavy atom. The van der Waals surface area contributed by atoms with Gasteiger partial charge in [-0.2, -0.15) is 13.2 Å². The second-order valence-electron chi connectivity index (χ2n) is 6.39. The second-order valence-corrected chi connectivity index (χ2v) is 6.39. The lowest BCUT2D eigenvalue weighted by molar-refractivity contribution is -0.289. The lowest BCUT2D eigenvalue weighted by Crippen LogP contribution is -2.61. The van der Waals surface area contributed by atoms with Crippen LogP contribution in [0.4, 0.5) is 13.2 Å². The van der Waals surface area contributed by atoms with Gasteiger partial charge in [0.25, 0.3) is 11.6 Å². The number of hydrogen-bond acceptors (Lipinski definition) is 5. The van der Waals surface area contributed by atoms with Crippen LogP contribution >= 0.6 is 0 Å². The molecule has 1 atom stereocenters. The van der Waals surface area contributed by atoms with Crippen molar-refractivity contribution in [3.63, 3.8) is 0 Å². The summed E-state index contributed by atoms with van der Waals surface area (Å²) in [6.45, 7) is 3.05. The van der Waals surface area contributed by atoms with E-state index in [1.54, 1.807) is 18.2 Å². The van der Waals surface area contributed by atoms with Gasteiger partial charge >= 0.3 is 6.18 Å². The number of carbonyl (C=O) groups excluding carboxylic acids is 1. The summed E-state index contributed by atoms with van der Waals surface area (Å²) in [5, 5.41) is 10.4. The molecule has 148 valence electrons. The highest BCUT2D eigenvalue weighted by Gasteiger charge is 2.61. The molecule has 0 aliphatic carbocycles. The van der Waals surface area contributed by atoms with Crippen LogP contribution in [0.3, 0.4) is 0 Å². The number of halogens is 3. The predicted molar refractivity (Wildman–Crippen MR) is 94.6 cm³/mol. The Bertz CT molecular complexity index is 916. The number of hydrogen-bond donors (Lipinski definition) is 2. The fourth-order valence-corrected chi connectivity index (χ4v) is 2.66. The van der Waals surface area contributed by atoms with Gasteiger partial charge < -0.3 is 9.84 Å². The van der Waals surface area contributed by atoms with Crippen LogP contribution in [0.2, 0.25) is 0 Å². The molecule has 0 spiro atoms. The summed E-state index contributed by atoms with van der Waals surface area (Å²) < 4.78 is 45.9. The number of pyridine rings is 1. The van der Waals surface area contributed by atoms with E-state index >= 15 is 0 Å². The third-order valence-corrected chi connectivity index (χ3v) is 4.42. The molecule has 9 heteroatoms. The summed E-state index contributed by atoms with van der Waals surface area (Å²) in [5.41, 5.74) is 1.02. The van der Waals surface area contributed by atoms with E-state index in [-0.39, 0.29) is 10.7 Å². The maximum Gasteiger partial charge on any atom is 0.442 e. The average molecular weight is 393 g/mol. The quantitative estimate of drug-likeness (QED) is 0.836. The summed E-state index contributed by atoms with van der Waals surface area (Å²) in [7, 11) is 0. The van der Waals surface area contributed by atoms with Gasteiger partial charge in [0.1, 0.15) is 5.75 Å². The number of aryl methyl sites for hydroxylation is 2. The lowest BCUT2D eigenvalue weighted by atomic mass is 10.1. The maximum atomic E-state index is 13.5. The highest BCUT2D eigenvalue weighted by Crippen LogP contribution is 2.39. The molecule has 1 aliphatic heterocycles. The molecule has 0 bridgehead atoms. The van der Waals surface area contributed by atoms with Gasteiger partial charge in [0.15, 0.2) is 6.61 Å². The zero-order valence-corrected chi connectivity index (χ0v) is 15.1. The molecule has 3 rings (SSSR count). The molecule has 2 N–H and O–H groups in total. The first-order chi connectivity index (χ1) is 13.1. The Morgan fingerprint density at radius 1 is 1.21 bits per heavy atom. The number of nitrogens with zero attached hydrogens (tertiary/aromatic N) is 2. The van der Waals surface area contributed by atoms with Crippen LogP contribution in [0.1, 0.15) is 16.7 Å². The Labute approximate surface area is 159 Å². The van der Waals surface area contributed by atoms with Gasteiger partial charge in [-0.05, 0) is 49.2 Å². The molecule has 0 fully saturated rings. The molecule has 6 nitrogen and oxygen atoms in total. The standard InChI is InChI=1S/C19H18F3N3O3/c1-12-3-4-15(9-13(12)2)28-11-17(26)25-18(27,19(20,21)22)10-16(24-25)14-5-7-23-8-6-14/h3-10,24,27H,11H2,1-2H3/t18-/m0/s1. The van der Waals surface area contributed by atoms with E-state index in [0.717, 1.165) is 11.1 Å². The molecular formula is C19H18F3N3O3. The van der Waals surface area contributed by atoms with E-state index in [2.05, 4.69) is 10.4 Å². The molecule has 1 amide bonds. The Hall–Kier alpha value is -3.07. The molecule has 1 aliphatic rings. The molecular weight excluding hydrogens is 375 g/mol. The number of carbonyl (C=O) groups is 1. The maximum absolute atomic E-state index is 13.5. The summed E-state index contributed by atoms with van der Waals surface area (Å²) in [6.07, 6.45) is -1.79. The van der Waals surface area contributed by atoms with Gasteiger partial charge in [-0.1, -0.05) is 6.07 Å². The van der Waals surface area contributed by atoms with Gasteiger partial charge in [-0.25, -0.2) is 5.01 Å². The normalized spacial score (nSPS) is 19.2. The van der Waals surface area contributed by atoms with Crippen molar-refractivity contribution in [2.45, 2.75) is 25.7 Å². The van der Waals surface area contributed by atoms with Crippen molar-refractivity contribution in [1.82, 2.24) is 15.4 Å². The highest BCUT2D eigenvalue weighted by atomic mass is 19.4. The molecule has 0 unspecified atom stereocenters. The Balaban J connectivity index is 1.81. The number of nitrogens with one attached hydrogen (secondary N) is 1. The second kappa shape index (κ2) is 7.16. The third-order valence-electron chi connectivity index (χ3n) is 4.42. The summed E-state index contributed by atoms with van der Waals surface area (Å²) in [4.78, 5) is 16.2. The van der Waals surface area contributed by atoms with E-state index in [9.17, 15) is 23.1 Å². The first-order valence-electron chi connectivity index (χ1n) is 8.34. The molecule has 2 aromatic rings. The fourth-order valence-electron chi connectivity index (χ4n) is 2.66. The molecule has 0 saturated carbocycles. The molecule has 28 heavy (non-hydrogen) atoms. The van der Waals surface area contributed by atoms with E-state index < -0.39 is 24.4 Å². The highest BCUT2D eigenvalue weighted by molar-refractivity contribution is 5.82. The van der Waals surface area contributed by atoms with Gasteiger partial charge in [-0.3, -0.25) is 15.2 Å². The molecule has 1 aromatic carbocycles. The van der Waals surface area contributed by atoms with Crippen molar-refractivity contribution < 1.29 is 27.8 Å². The number of hydrazine groups is 1. The third kappa shape index (κ3) is 3.65. The van der Waals surface area contributed by atoms with Gasteiger partial charge in [0, 0.05) is 24.0 Å². The minimum Gasteiger partial charge on any atom is -0.484 e. The van der Waals surface area contributed by atoms with Crippen molar-refractivity contribution in [3.05, 3.63) is 65.5 Å². The number of ether oxygens (including phenoxy) is 1. The number of benzene rings is 1. The van der Waals surface area contributed by atoms with Crippen LogP contribution < -0.4 is 10.2 Å². The van der Waals surface area contributed by atoms with Gasteiger partial charge in [0.05, 0.1) is 5.70 Å². The van der Waals surface area contributed by atoms with E-state index in [0.29, 0.717) is 17.4 Å². The van der Waals surface area contributed by atoms with E-state index in [1.807, 2.05) is 13.8 Å². The van der Waals surface area contributed by atoms with Gasteiger partial charge in [-0.15, -0.1) is 0 Å². The topological polar surface area (TPSA) is 74.7 Å². The smallest absolute Gasteiger partial charge is 0.442 e. The van der Waals surface area contributed by atoms with E-state index in [1.165, 1.54) is 24.5 Å². The van der Waals surface area contributed by atoms with Crippen LogP contribution in [0, 0.1) is 13.8 Å². The summed E-state index contributed by atoms with van der Waals surface area (Å²) >= 11 is 0. The minimum atomic E-state index is -5.12. The summed E-state index contributed by atoms with van der Waals surface area (Å²) in [6, 6.07) is 7.98. The molecule has 0 saturated heterocycles. The largest absolute Gasteiger partial charge is 0.484 e. The lowest BCUT2D eigenvalue weighted by Gasteiger charge is -2.33. The first-order valence-corrected chi connectivity index (χ1v) is 8.34. The summed E-state index contributed by atoms with van der Waals surface area (Å²) in [5.74, 6) is -0.744. The Morgan fingerprint density at radius 3 is 2.50 bits per heavy atom. The number of aliphatic hydroxyl groups is 1. The first kappa shape index (κ1) is 19.7. The van der Waals surface area contributed by atoms with E-state index in [4.69, 9.17) is 4.74 Å². The molecule has 0 radical (unpaired) electrons. The minimum absolute atomic E-state index is 0.0678. The zero-order chi connectivity index (χ0) is 20.5. The number of amides is 1. The van der Waals surface area contributed by atoms with Crippen molar-refractivity contribution >= 4 is 11.6 Å². The van der Waals surface area contributed by atoms with Crippen molar-refractivity contribution in [3.8, 4) is 5.75 Å². The van der Waals surface area contributed by atoms with Crippen molar-refractivity contribution in [2.24, 2.45) is 0 Å². The molecule has 2 heterocycles. The number of aromatic nitrogens is 1. The van der Waals surface area contributed by atoms with Crippen LogP contribution in [0.25, 0.3) is 5.70 Å². The van der Waals surface area contributed by atoms with Crippen LogP contribution in [0.15, 0.2) is 48.8 Å². The van der Waals surface area contributed by atoms with Crippen LogP contribution in [-0.2, 0) is 4.79 Å². The predicted octanol–water partition coefficient (Wildman–Crippen LogP) is 2.72. The zero-order valence-electron chi connectivity index (χ0n) is 15.1. The van der Waals surface area contributed by atoms with Gasteiger partial charge in [0.2, 0.25) is 0 Å². The SMILES string of the molecule is Cc1ccc(OCC(=O)N2NC(c3ccncc3)=C[C@]2(O)C(F)(F)F)cc1C. The average Bonchev–Trinajstić information content (AvgIpc) is 3.02. The monoisotopic (exact) mass is 393 g/mol. The van der Waals surface area contributed by atoms with Crippen molar-refractivity contribution in [1.29, 1.82) is 0 Å². The van der Waals surface area contributed by atoms with Crippen molar-refractivity contribution in [2.75, 3.05) is 6.61 Å². The fraction of sp³-hybridized carbons (Fsp3) is 0.263. The number of rotatable bonds is 4. The number of alkyl halides is 3. The molecule has 1 aromatic heterocycles.